The lowest BCUT2D eigenvalue weighted by Gasteiger charge is -2.08. The highest BCUT2D eigenvalue weighted by atomic mass is 16.5. The van der Waals surface area contributed by atoms with Gasteiger partial charge in [-0.3, -0.25) is 10.1 Å². The highest BCUT2D eigenvalue weighted by Crippen LogP contribution is 2.31. The minimum absolute atomic E-state index is 0.0419. The Hall–Kier alpha value is -3.74. The first kappa shape index (κ1) is 15.8. The second-order valence-corrected chi connectivity index (χ2v) is 5.55. The van der Waals surface area contributed by atoms with Crippen molar-refractivity contribution in [3.05, 3.63) is 72.7 Å². The molecule has 26 heavy (non-hydrogen) atoms. The van der Waals surface area contributed by atoms with Gasteiger partial charge in [0.15, 0.2) is 11.6 Å². The second kappa shape index (κ2) is 7.02. The van der Waals surface area contributed by atoms with Gasteiger partial charge in [-0.1, -0.05) is 30.3 Å². The number of phenolic OH excluding ortho intramolecular Hbond substituents is 1. The Morgan fingerprint density at radius 1 is 1.04 bits per heavy atom. The third-order valence-corrected chi connectivity index (χ3v) is 3.75. The molecule has 4 rings (SSSR count). The lowest BCUT2D eigenvalue weighted by Crippen LogP contribution is -1.95. The standard InChI is InChI=1S/C19H15N5O2/c25-17-10-14(26-12-13-4-2-1-3-5-13)6-7-15(17)18-22-19(24-23-18)16-11-20-8-9-21-16/h1-11,25H,12H2,(H,22,23,24). The Morgan fingerprint density at radius 3 is 2.69 bits per heavy atom. The van der Waals surface area contributed by atoms with E-state index in [1.54, 1.807) is 36.8 Å². The molecule has 4 aromatic rings. The molecule has 0 saturated carbocycles. The van der Waals surface area contributed by atoms with Gasteiger partial charge in [0.25, 0.3) is 0 Å². The van der Waals surface area contributed by atoms with Crippen LogP contribution in [0, 0.1) is 0 Å². The van der Waals surface area contributed by atoms with E-state index < -0.39 is 0 Å². The number of hydrogen-bond acceptors (Lipinski definition) is 6. The molecule has 0 fully saturated rings. The monoisotopic (exact) mass is 345 g/mol. The zero-order valence-electron chi connectivity index (χ0n) is 13.7. The molecule has 0 saturated heterocycles. The van der Waals surface area contributed by atoms with Crippen molar-refractivity contribution in [2.24, 2.45) is 0 Å². The molecule has 2 aromatic carbocycles. The molecular weight excluding hydrogens is 330 g/mol. The van der Waals surface area contributed by atoms with Gasteiger partial charge in [-0.15, -0.1) is 0 Å². The molecule has 2 aromatic heterocycles. The van der Waals surface area contributed by atoms with Gasteiger partial charge < -0.3 is 9.84 Å². The number of rotatable bonds is 5. The maximum absolute atomic E-state index is 10.3. The Bertz CT molecular complexity index is 1000. The number of phenols is 1. The SMILES string of the molecule is Oc1cc(OCc2ccccc2)ccc1-c1n[nH]c(-c2cnccn2)n1. The molecule has 0 atom stereocenters. The fourth-order valence-corrected chi connectivity index (χ4v) is 2.45. The van der Waals surface area contributed by atoms with Crippen LogP contribution in [0.1, 0.15) is 5.56 Å². The first-order valence-electron chi connectivity index (χ1n) is 7.98. The predicted molar refractivity (Wildman–Crippen MR) is 95.3 cm³/mol. The van der Waals surface area contributed by atoms with E-state index in [1.165, 1.54) is 0 Å². The summed E-state index contributed by atoms with van der Waals surface area (Å²) in [6.45, 7) is 0.428. The highest BCUT2D eigenvalue weighted by Gasteiger charge is 2.13. The van der Waals surface area contributed by atoms with Gasteiger partial charge in [0.05, 0.1) is 11.8 Å². The number of hydrogen-bond donors (Lipinski definition) is 2. The number of aromatic amines is 1. The lowest BCUT2D eigenvalue weighted by atomic mass is 10.2. The van der Waals surface area contributed by atoms with Crippen LogP contribution in [0.4, 0.5) is 0 Å². The van der Waals surface area contributed by atoms with Crippen LogP contribution in [0.3, 0.4) is 0 Å². The summed E-state index contributed by atoms with van der Waals surface area (Å²) < 4.78 is 5.71. The van der Waals surface area contributed by atoms with E-state index in [9.17, 15) is 5.11 Å². The summed E-state index contributed by atoms with van der Waals surface area (Å²) in [5.41, 5.74) is 2.13. The molecule has 0 aliphatic carbocycles. The van der Waals surface area contributed by atoms with E-state index in [1.807, 2.05) is 30.3 Å². The zero-order chi connectivity index (χ0) is 17.8. The zero-order valence-corrected chi connectivity index (χ0v) is 13.7. The van der Waals surface area contributed by atoms with Crippen molar-refractivity contribution in [3.8, 4) is 34.4 Å². The molecule has 7 heteroatoms. The van der Waals surface area contributed by atoms with E-state index in [2.05, 4.69) is 25.1 Å². The van der Waals surface area contributed by atoms with E-state index >= 15 is 0 Å². The van der Waals surface area contributed by atoms with Gasteiger partial charge in [0, 0.05) is 18.5 Å². The molecule has 2 N–H and O–H groups in total. The number of nitrogens with one attached hydrogen (secondary N) is 1. The summed E-state index contributed by atoms with van der Waals surface area (Å²) in [6, 6.07) is 14.9. The summed E-state index contributed by atoms with van der Waals surface area (Å²) >= 11 is 0. The Morgan fingerprint density at radius 2 is 1.92 bits per heavy atom. The molecule has 0 unspecified atom stereocenters. The number of aromatic hydroxyl groups is 1. The molecule has 0 spiro atoms. The maximum atomic E-state index is 10.3. The molecular formula is C19H15N5O2. The predicted octanol–water partition coefficient (Wildman–Crippen LogP) is 3.21. The molecule has 0 bridgehead atoms. The summed E-state index contributed by atoms with van der Waals surface area (Å²) in [5.74, 6) is 1.47. The van der Waals surface area contributed by atoms with Crippen LogP contribution >= 0.6 is 0 Å². The van der Waals surface area contributed by atoms with Gasteiger partial charge >= 0.3 is 0 Å². The lowest BCUT2D eigenvalue weighted by molar-refractivity contribution is 0.304. The normalized spacial score (nSPS) is 10.6. The fraction of sp³-hybridized carbons (Fsp3) is 0.0526. The average Bonchev–Trinajstić information content (AvgIpc) is 3.18. The molecule has 0 aliphatic heterocycles. The average molecular weight is 345 g/mol. The molecule has 0 aliphatic rings. The van der Waals surface area contributed by atoms with Crippen molar-refractivity contribution < 1.29 is 9.84 Å². The highest BCUT2D eigenvalue weighted by molar-refractivity contribution is 5.66. The molecule has 0 radical (unpaired) electrons. The summed E-state index contributed by atoms with van der Waals surface area (Å²) in [7, 11) is 0. The van der Waals surface area contributed by atoms with E-state index in [0.717, 1.165) is 5.56 Å². The minimum Gasteiger partial charge on any atom is -0.507 e. The topological polar surface area (TPSA) is 96.8 Å². The van der Waals surface area contributed by atoms with Crippen LogP contribution in [0.25, 0.3) is 22.9 Å². The van der Waals surface area contributed by atoms with Crippen LogP contribution in [-0.2, 0) is 6.61 Å². The maximum Gasteiger partial charge on any atom is 0.185 e. The van der Waals surface area contributed by atoms with Crippen LogP contribution in [0.15, 0.2) is 67.1 Å². The van der Waals surface area contributed by atoms with Crippen LogP contribution in [0.5, 0.6) is 11.5 Å². The number of H-pyrrole nitrogens is 1. The quantitative estimate of drug-likeness (QED) is 0.576. The van der Waals surface area contributed by atoms with Crippen LogP contribution in [-0.4, -0.2) is 30.3 Å². The molecule has 0 amide bonds. The van der Waals surface area contributed by atoms with Crippen molar-refractivity contribution in [3.63, 3.8) is 0 Å². The van der Waals surface area contributed by atoms with E-state index in [4.69, 9.17) is 4.74 Å². The Labute approximate surface area is 149 Å². The van der Waals surface area contributed by atoms with Gasteiger partial charge in [-0.25, -0.2) is 9.97 Å². The third kappa shape index (κ3) is 3.36. The van der Waals surface area contributed by atoms with Crippen molar-refractivity contribution in [1.29, 1.82) is 0 Å². The number of aromatic nitrogens is 5. The first-order valence-corrected chi connectivity index (χ1v) is 7.98. The van der Waals surface area contributed by atoms with Gasteiger partial charge in [0.1, 0.15) is 23.8 Å². The van der Waals surface area contributed by atoms with Crippen molar-refractivity contribution in [2.75, 3.05) is 0 Å². The summed E-state index contributed by atoms with van der Waals surface area (Å²) in [6.07, 6.45) is 4.75. The number of ether oxygens (including phenoxy) is 1. The molecule has 128 valence electrons. The van der Waals surface area contributed by atoms with Crippen LogP contribution in [0.2, 0.25) is 0 Å². The Balaban J connectivity index is 1.52. The van der Waals surface area contributed by atoms with Gasteiger partial charge in [0.2, 0.25) is 0 Å². The minimum atomic E-state index is 0.0419. The van der Waals surface area contributed by atoms with Crippen molar-refractivity contribution in [2.45, 2.75) is 6.61 Å². The summed E-state index contributed by atoms with van der Waals surface area (Å²) in [4.78, 5) is 12.5. The van der Waals surface area contributed by atoms with Crippen LogP contribution < -0.4 is 4.74 Å². The number of benzene rings is 2. The van der Waals surface area contributed by atoms with Crippen molar-refractivity contribution in [1.82, 2.24) is 25.1 Å². The Kier molecular flexibility index (Phi) is 4.26. The third-order valence-electron chi connectivity index (χ3n) is 3.75. The largest absolute Gasteiger partial charge is 0.507 e. The van der Waals surface area contributed by atoms with Gasteiger partial charge in [-0.2, -0.15) is 5.10 Å². The second-order valence-electron chi connectivity index (χ2n) is 5.55. The van der Waals surface area contributed by atoms with Crippen molar-refractivity contribution >= 4 is 0 Å². The van der Waals surface area contributed by atoms with Gasteiger partial charge in [-0.05, 0) is 17.7 Å². The molecule has 7 nitrogen and oxygen atoms in total. The number of nitrogens with zero attached hydrogens (tertiary/aromatic N) is 4. The smallest absolute Gasteiger partial charge is 0.185 e. The first-order chi connectivity index (χ1) is 12.8. The van der Waals surface area contributed by atoms with E-state index in [0.29, 0.717) is 35.3 Å². The molecule has 2 heterocycles. The fourth-order valence-electron chi connectivity index (χ4n) is 2.45. The van der Waals surface area contributed by atoms with E-state index in [-0.39, 0.29) is 5.75 Å². The summed E-state index contributed by atoms with van der Waals surface area (Å²) in [5, 5.41) is 17.3.